The van der Waals surface area contributed by atoms with Crippen LogP contribution in [0.1, 0.15) is 5.56 Å². The molecule has 0 bridgehead atoms. The third-order valence-electron chi connectivity index (χ3n) is 2.36. The van der Waals surface area contributed by atoms with Gasteiger partial charge in [-0.25, -0.2) is 0 Å². The minimum Gasteiger partial charge on any atom is -0.405 e. The largest absolute Gasteiger partial charge is 0.573 e. The predicted molar refractivity (Wildman–Crippen MR) is 83.5 cm³/mol. The molecule has 0 amide bonds. The average molecular weight is 406 g/mol. The Hall–Kier alpha value is -1.77. The van der Waals surface area contributed by atoms with Crippen LogP contribution in [0.3, 0.4) is 0 Å². The maximum Gasteiger partial charge on any atom is 0.573 e. The lowest BCUT2D eigenvalue weighted by atomic mass is 10.2. The summed E-state index contributed by atoms with van der Waals surface area (Å²) in [6, 6.07) is 13.6. The van der Waals surface area contributed by atoms with E-state index in [4.69, 9.17) is 0 Å². The van der Waals surface area contributed by atoms with Crippen molar-refractivity contribution in [3.63, 3.8) is 0 Å². The van der Waals surface area contributed by atoms with Gasteiger partial charge in [0.2, 0.25) is 0 Å². The molecule has 0 spiro atoms. The summed E-state index contributed by atoms with van der Waals surface area (Å²) in [6.45, 7) is 0. The molecule has 0 saturated carbocycles. The van der Waals surface area contributed by atoms with Crippen LogP contribution in [0.15, 0.2) is 53.6 Å². The quantitative estimate of drug-likeness (QED) is 0.456. The van der Waals surface area contributed by atoms with Gasteiger partial charge in [0.15, 0.2) is 0 Å². The molecule has 21 heavy (non-hydrogen) atoms. The predicted octanol–water partition coefficient (Wildman–Crippen LogP) is 4.64. The second-order valence-corrected chi connectivity index (χ2v) is 5.14. The molecule has 2 rings (SSSR count). The van der Waals surface area contributed by atoms with E-state index in [1.54, 1.807) is 28.7 Å². The highest BCUT2D eigenvalue weighted by Crippen LogP contribution is 2.27. The first-order valence-corrected chi connectivity index (χ1v) is 6.91. The van der Waals surface area contributed by atoms with E-state index in [1.807, 2.05) is 30.3 Å². The molecule has 2 aromatic rings. The van der Waals surface area contributed by atoms with Gasteiger partial charge in [-0.05, 0) is 58.5 Å². The molecule has 0 heterocycles. The lowest BCUT2D eigenvalue weighted by Gasteiger charge is -2.10. The fourth-order valence-electron chi connectivity index (χ4n) is 1.50. The van der Waals surface area contributed by atoms with Crippen molar-refractivity contribution in [1.82, 2.24) is 0 Å². The number of ether oxygens (including phenoxy) is 1. The number of anilines is 1. The smallest absolute Gasteiger partial charge is 0.405 e. The van der Waals surface area contributed by atoms with Crippen LogP contribution in [0.5, 0.6) is 5.75 Å². The Morgan fingerprint density at radius 1 is 1.10 bits per heavy atom. The highest BCUT2D eigenvalue weighted by molar-refractivity contribution is 14.1. The molecule has 1 N–H and O–H groups in total. The molecular formula is C14H10F3IN2O. The maximum absolute atomic E-state index is 12.2. The van der Waals surface area contributed by atoms with Crippen LogP contribution in [0, 0.1) is 3.57 Å². The average Bonchev–Trinajstić information content (AvgIpc) is 2.42. The Labute approximate surface area is 133 Å². The van der Waals surface area contributed by atoms with E-state index >= 15 is 0 Å². The Morgan fingerprint density at radius 2 is 1.81 bits per heavy atom. The molecule has 0 aliphatic heterocycles. The maximum atomic E-state index is 12.2. The van der Waals surface area contributed by atoms with Crippen LogP contribution in [-0.4, -0.2) is 12.6 Å². The van der Waals surface area contributed by atoms with E-state index in [2.05, 4.69) is 15.3 Å². The Balaban J connectivity index is 2.03. The summed E-state index contributed by atoms with van der Waals surface area (Å²) in [7, 11) is 0. The van der Waals surface area contributed by atoms with Gasteiger partial charge in [0.25, 0.3) is 0 Å². The van der Waals surface area contributed by atoms with Gasteiger partial charge in [0, 0.05) is 0 Å². The van der Waals surface area contributed by atoms with Crippen LogP contribution in [0.2, 0.25) is 0 Å². The van der Waals surface area contributed by atoms with Gasteiger partial charge < -0.3 is 4.74 Å². The van der Waals surface area contributed by atoms with Gasteiger partial charge in [-0.15, -0.1) is 13.2 Å². The number of nitrogens with zero attached hydrogens (tertiary/aromatic N) is 1. The number of nitrogens with one attached hydrogen (secondary N) is 1. The van der Waals surface area contributed by atoms with Crippen molar-refractivity contribution in [1.29, 1.82) is 0 Å². The summed E-state index contributed by atoms with van der Waals surface area (Å²) in [4.78, 5) is 0. The number of benzene rings is 2. The van der Waals surface area contributed by atoms with E-state index in [1.165, 1.54) is 18.3 Å². The topological polar surface area (TPSA) is 33.6 Å². The normalized spacial score (nSPS) is 11.6. The molecule has 0 fully saturated rings. The fourth-order valence-corrected chi connectivity index (χ4v) is 2.15. The van der Waals surface area contributed by atoms with Gasteiger partial charge in [-0.2, -0.15) is 5.10 Å². The number of rotatable bonds is 4. The Bertz CT molecular complexity index is 630. The van der Waals surface area contributed by atoms with Crippen LogP contribution in [0.25, 0.3) is 0 Å². The van der Waals surface area contributed by atoms with Crippen molar-refractivity contribution >= 4 is 34.5 Å². The molecule has 0 saturated heterocycles. The minimum absolute atomic E-state index is 0.226. The summed E-state index contributed by atoms with van der Waals surface area (Å²) in [5.74, 6) is -0.226. The second kappa shape index (κ2) is 6.79. The number of hydrazone groups is 1. The van der Waals surface area contributed by atoms with E-state index in [-0.39, 0.29) is 5.75 Å². The molecule has 2 aromatic carbocycles. The molecule has 7 heteroatoms. The van der Waals surface area contributed by atoms with Gasteiger partial charge in [0.05, 0.1) is 15.5 Å². The fraction of sp³-hybridized carbons (Fsp3) is 0.0714. The summed E-state index contributed by atoms with van der Waals surface area (Å²) in [6.07, 6.45) is -3.17. The third-order valence-corrected chi connectivity index (χ3v) is 3.21. The summed E-state index contributed by atoms with van der Waals surface area (Å²) < 4.78 is 40.7. The number of halogens is 4. The van der Waals surface area contributed by atoms with Crippen LogP contribution in [-0.2, 0) is 0 Å². The third kappa shape index (κ3) is 5.25. The van der Waals surface area contributed by atoms with Crippen molar-refractivity contribution in [3.05, 3.63) is 57.7 Å². The van der Waals surface area contributed by atoms with E-state index in [0.717, 1.165) is 5.69 Å². The van der Waals surface area contributed by atoms with Crippen LogP contribution < -0.4 is 10.2 Å². The van der Waals surface area contributed by atoms with Crippen molar-refractivity contribution < 1.29 is 17.9 Å². The first-order valence-electron chi connectivity index (χ1n) is 5.83. The lowest BCUT2D eigenvalue weighted by molar-refractivity contribution is -0.274. The number of hydrogen-bond donors (Lipinski definition) is 1. The Morgan fingerprint density at radius 3 is 2.43 bits per heavy atom. The first kappa shape index (κ1) is 15.6. The second-order valence-electron chi connectivity index (χ2n) is 3.97. The zero-order valence-electron chi connectivity index (χ0n) is 10.6. The molecule has 0 atom stereocenters. The molecular weight excluding hydrogens is 396 g/mol. The number of hydrogen-bond acceptors (Lipinski definition) is 3. The molecule has 0 aromatic heterocycles. The standard InChI is InChI=1S/C14H10F3IN2O/c15-14(16,17)21-13-7-6-10(8-12(13)18)9-19-20-11-4-2-1-3-5-11/h1-9,20H. The summed E-state index contributed by atoms with van der Waals surface area (Å²) >= 11 is 1.78. The molecule has 0 unspecified atom stereocenters. The van der Waals surface area contributed by atoms with Crippen molar-refractivity contribution in [2.24, 2.45) is 5.10 Å². The highest BCUT2D eigenvalue weighted by Gasteiger charge is 2.31. The summed E-state index contributed by atoms with van der Waals surface area (Å²) in [5.41, 5.74) is 4.31. The van der Waals surface area contributed by atoms with Gasteiger partial charge in [-0.3, -0.25) is 5.43 Å². The summed E-state index contributed by atoms with van der Waals surface area (Å²) in [5, 5.41) is 4.02. The number of alkyl halides is 3. The highest BCUT2D eigenvalue weighted by atomic mass is 127. The van der Waals surface area contributed by atoms with Crippen LogP contribution in [0.4, 0.5) is 18.9 Å². The zero-order chi connectivity index (χ0) is 15.3. The van der Waals surface area contributed by atoms with Crippen molar-refractivity contribution in [2.75, 3.05) is 5.43 Å². The Kier molecular flexibility index (Phi) is 5.05. The molecule has 110 valence electrons. The van der Waals surface area contributed by atoms with Crippen molar-refractivity contribution in [3.8, 4) is 5.75 Å². The number of para-hydroxylation sites is 1. The van der Waals surface area contributed by atoms with Crippen molar-refractivity contribution in [2.45, 2.75) is 6.36 Å². The van der Waals surface area contributed by atoms with Gasteiger partial charge >= 0.3 is 6.36 Å². The monoisotopic (exact) mass is 406 g/mol. The van der Waals surface area contributed by atoms with E-state index in [9.17, 15) is 13.2 Å². The minimum atomic E-state index is -4.69. The lowest BCUT2D eigenvalue weighted by Crippen LogP contribution is -2.17. The SMILES string of the molecule is FC(F)(F)Oc1ccc(C=NNc2ccccc2)cc1I. The first-order chi connectivity index (χ1) is 9.94. The zero-order valence-corrected chi connectivity index (χ0v) is 12.7. The van der Waals surface area contributed by atoms with E-state index in [0.29, 0.717) is 9.13 Å². The van der Waals surface area contributed by atoms with Gasteiger partial charge in [-0.1, -0.05) is 18.2 Å². The molecule has 3 nitrogen and oxygen atoms in total. The van der Waals surface area contributed by atoms with Crippen LogP contribution >= 0.6 is 22.6 Å². The van der Waals surface area contributed by atoms with E-state index < -0.39 is 6.36 Å². The molecule has 0 radical (unpaired) electrons. The molecule has 0 aliphatic carbocycles. The molecule has 0 aliphatic rings. The van der Waals surface area contributed by atoms with Gasteiger partial charge in [0.1, 0.15) is 5.75 Å².